The maximum Gasteiger partial charge on any atom is 0.405 e. The molecule has 0 radical (unpaired) electrons. The summed E-state index contributed by atoms with van der Waals surface area (Å²) < 4.78 is 37.4. The Balaban J connectivity index is 3.07. The van der Waals surface area contributed by atoms with Gasteiger partial charge < -0.3 is 10.0 Å². The van der Waals surface area contributed by atoms with Gasteiger partial charge in [-0.1, -0.05) is 25.4 Å². The Morgan fingerprint density at radius 2 is 2.00 bits per heavy atom. The van der Waals surface area contributed by atoms with Crippen LogP contribution in [0, 0.1) is 0 Å². The summed E-state index contributed by atoms with van der Waals surface area (Å²) in [6.45, 7) is 1.85. The first kappa shape index (κ1) is 16.0. The molecule has 0 bridgehead atoms. The number of alkyl halides is 3. The van der Waals surface area contributed by atoms with Crippen molar-refractivity contribution >= 4 is 17.4 Å². The SMILES string of the molecule is CC(C)c1nc(Cl)cc(N(CCO)CC(F)(F)F)n1. The summed E-state index contributed by atoms with van der Waals surface area (Å²) in [6, 6.07) is 1.26. The molecule has 0 atom stereocenters. The Morgan fingerprint density at radius 3 is 2.47 bits per heavy atom. The zero-order valence-corrected chi connectivity index (χ0v) is 11.3. The first-order valence-electron chi connectivity index (χ1n) is 5.70. The lowest BCUT2D eigenvalue weighted by atomic mass is 10.2. The number of nitrogens with zero attached hydrogens (tertiary/aromatic N) is 3. The van der Waals surface area contributed by atoms with E-state index in [4.69, 9.17) is 16.7 Å². The van der Waals surface area contributed by atoms with Gasteiger partial charge >= 0.3 is 6.18 Å². The van der Waals surface area contributed by atoms with E-state index in [1.54, 1.807) is 0 Å². The molecule has 0 saturated heterocycles. The molecule has 0 aliphatic rings. The third-order valence-corrected chi connectivity index (χ3v) is 2.47. The van der Waals surface area contributed by atoms with Crippen LogP contribution in [-0.2, 0) is 0 Å². The summed E-state index contributed by atoms with van der Waals surface area (Å²) in [4.78, 5) is 8.94. The molecule has 19 heavy (non-hydrogen) atoms. The van der Waals surface area contributed by atoms with Crippen molar-refractivity contribution in [1.29, 1.82) is 0 Å². The summed E-state index contributed by atoms with van der Waals surface area (Å²) in [6.07, 6.45) is -4.38. The van der Waals surface area contributed by atoms with Crippen LogP contribution in [0.4, 0.5) is 19.0 Å². The van der Waals surface area contributed by atoms with Crippen LogP contribution in [0.1, 0.15) is 25.6 Å². The number of halogens is 4. The highest BCUT2D eigenvalue weighted by atomic mass is 35.5. The van der Waals surface area contributed by atoms with Gasteiger partial charge in [-0.15, -0.1) is 0 Å². The van der Waals surface area contributed by atoms with Gasteiger partial charge in [-0.3, -0.25) is 0 Å². The highest BCUT2D eigenvalue weighted by Gasteiger charge is 2.31. The minimum atomic E-state index is -4.38. The third-order valence-electron chi connectivity index (χ3n) is 2.28. The Kier molecular flexibility index (Phi) is 5.37. The number of aromatic nitrogens is 2. The quantitative estimate of drug-likeness (QED) is 0.849. The maximum atomic E-state index is 12.5. The van der Waals surface area contributed by atoms with Crippen molar-refractivity contribution in [2.45, 2.75) is 25.9 Å². The average Bonchev–Trinajstić information content (AvgIpc) is 2.25. The van der Waals surface area contributed by atoms with Crippen LogP contribution >= 0.6 is 11.6 Å². The Hall–Kier alpha value is -1.08. The fourth-order valence-electron chi connectivity index (χ4n) is 1.45. The monoisotopic (exact) mass is 297 g/mol. The van der Waals surface area contributed by atoms with E-state index in [1.807, 2.05) is 13.8 Å². The van der Waals surface area contributed by atoms with E-state index < -0.39 is 19.3 Å². The number of aliphatic hydroxyl groups is 1. The molecule has 0 aliphatic carbocycles. The zero-order chi connectivity index (χ0) is 14.6. The maximum absolute atomic E-state index is 12.5. The van der Waals surface area contributed by atoms with Crippen LogP contribution in [0.2, 0.25) is 5.15 Å². The van der Waals surface area contributed by atoms with Crippen LogP contribution in [0.3, 0.4) is 0 Å². The molecule has 1 aromatic rings. The van der Waals surface area contributed by atoms with Crippen LogP contribution in [0.25, 0.3) is 0 Å². The van der Waals surface area contributed by atoms with Gasteiger partial charge in [0.25, 0.3) is 0 Å². The van der Waals surface area contributed by atoms with E-state index in [0.29, 0.717) is 5.82 Å². The summed E-state index contributed by atoms with van der Waals surface area (Å²) in [5.41, 5.74) is 0. The molecule has 8 heteroatoms. The van der Waals surface area contributed by atoms with Crippen molar-refractivity contribution in [1.82, 2.24) is 9.97 Å². The molecule has 1 aromatic heterocycles. The summed E-state index contributed by atoms with van der Waals surface area (Å²) >= 11 is 5.79. The third kappa shape index (κ3) is 5.20. The highest BCUT2D eigenvalue weighted by molar-refractivity contribution is 6.29. The lowest BCUT2D eigenvalue weighted by Gasteiger charge is -2.24. The van der Waals surface area contributed by atoms with Gasteiger partial charge in [-0.25, -0.2) is 9.97 Å². The molecule has 1 heterocycles. The summed E-state index contributed by atoms with van der Waals surface area (Å²) in [5.74, 6) is 0.377. The Morgan fingerprint density at radius 1 is 1.37 bits per heavy atom. The van der Waals surface area contributed by atoms with Gasteiger partial charge in [0, 0.05) is 18.5 Å². The van der Waals surface area contributed by atoms with Crippen LogP contribution in [0.15, 0.2) is 6.07 Å². The number of rotatable bonds is 5. The molecule has 4 nitrogen and oxygen atoms in total. The fourth-order valence-corrected chi connectivity index (χ4v) is 1.64. The molecule has 0 saturated carbocycles. The molecule has 0 amide bonds. The lowest BCUT2D eigenvalue weighted by molar-refractivity contribution is -0.120. The van der Waals surface area contributed by atoms with Crippen molar-refractivity contribution < 1.29 is 18.3 Å². The van der Waals surface area contributed by atoms with Crippen LogP contribution in [0.5, 0.6) is 0 Å². The standard InChI is InChI=1S/C11H15ClF3N3O/c1-7(2)10-16-8(12)5-9(17-10)18(3-4-19)6-11(13,14)15/h5,7,19H,3-4,6H2,1-2H3. The van der Waals surface area contributed by atoms with E-state index in [9.17, 15) is 13.2 Å². The normalized spacial score (nSPS) is 12.0. The van der Waals surface area contributed by atoms with Crippen molar-refractivity contribution in [2.24, 2.45) is 0 Å². The van der Waals surface area contributed by atoms with Crippen LogP contribution < -0.4 is 4.90 Å². The predicted octanol–water partition coefficient (Wildman–Crippen LogP) is 2.61. The second-order valence-corrected chi connectivity index (χ2v) is 4.71. The van der Waals surface area contributed by atoms with Crippen molar-refractivity contribution in [3.63, 3.8) is 0 Å². The molecule has 0 fully saturated rings. The molecule has 0 aromatic carbocycles. The van der Waals surface area contributed by atoms with E-state index in [-0.39, 0.29) is 23.4 Å². The van der Waals surface area contributed by atoms with Gasteiger partial charge in [-0.05, 0) is 0 Å². The van der Waals surface area contributed by atoms with E-state index in [0.717, 1.165) is 4.90 Å². The largest absolute Gasteiger partial charge is 0.405 e. The van der Waals surface area contributed by atoms with Crippen molar-refractivity contribution in [3.8, 4) is 0 Å². The minimum Gasteiger partial charge on any atom is -0.395 e. The van der Waals surface area contributed by atoms with Gasteiger partial charge in [0.2, 0.25) is 0 Å². The fraction of sp³-hybridized carbons (Fsp3) is 0.636. The van der Waals surface area contributed by atoms with E-state index in [1.165, 1.54) is 6.07 Å². The molecular weight excluding hydrogens is 283 g/mol. The molecule has 0 aliphatic heterocycles. The molecule has 108 valence electrons. The second kappa shape index (κ2) is 6.38. The second-order valence-electron chi connectivity index (χ2n) is 4.32. The number of aliphatic hydroxyl groups excluding tert-OH is 1. The molecule has 0 spiro atoms. The zero-order valence-electron chi connectivity index (χ0n) is 10.6. The number of anilines is 1. The summed E-state index contributed by atoms with van der Waals surface area (Å²) in [7, 11) is 0. The smallest absolute Gasteiger partial charge is 0.395 e. The Bertz CT molecular complexity index is 426. The van der Waals surface area contributed by atoms with Crippen LogP contribution in [-0.4, -0.2) is 40.9 Å². The topological polar surface area (TPSA) is 49.2 Å². The molecule has 1 rings (SSSR count). The first-order valence-corrected chi connectivity index (χ1v) is 6.07. The molecule has 1 N–H and O–H groups in total. The van der Waals surface area contributed by atoms with Gasteiger partial charge in [0.1, 0.15) is 23.3 Å². The number of hydrogen-bond acceptors (Lipinski definition) is 4. The van der Waals surface area contributed by atoms with E-state index in [2.05, 4.69) is 9.97 Å². The van der Waals surface area contributed by atoms with Gasteiger partial charge in [0.15, 0.2) is 0 Å². The predicted molar refractivity (Wildman–Crippen MR) is 66.5 cm³/mol. The average molecular weight is 298 g/mol. The van der Waals surface area contributed by atoms with Gasteiger partial charge in [0.05, 0.1) is 6.61 Å². The number of hydrogen-bond donors (Lipinski definition) is 1. The molecular formula is C11H15ClF3N3O. The first-order chi connectivity index (χ1) is 8.73. The molecule has 0 unspecified atom stereocenters. The van der Waals surface area contributed by atoms with Gasteiger partial charge in [-0.2, -0.15) is 13.2 Å². The van der Waals surface area contributed by atoms with Crippen molar-refractivity contribution in [2.75, 3.05) is 24.6 Å². The summed E-state index contributed by atoms with van der Waals surface area (Å²) in [5, 5.41) is 8.94. The van der Waals surface area contributed by atoms with E-state index >= 15 is 0 Å². The highest BCUT2D eigenvalue weighted by Crippen LogP contribution is 2.24. The Labute approximate surface area is 114 Å². The lowest BCUT2D eigenvalue weighted by Crippen LogP contribution is -2.37. The minimum absolute atomic E-state index is 0.0562. The van der Waals surface area contributed by atoms with Crippen molar-refractivity contribution in [3.05, 3.63) is 17.0 Å².